The fourth-order valence-corrected chi connectivity index (χ4v) is 2.32. The minimum atomic E-state index is -0.927. The molecule has 2 N–H and O–H groups in total. The molecule has 5 heteroatoms. The Morgan fingerprint density at radius 1 is 1.25 bits per heavy atom. The molecule has 0 unspecified atom stereocenters. The van der Waals surface area contributed by atoms with E-state index in [1.54, 1.807) is 25.3 Å². The van der Waals surface area contributed by atoms with Gasteiger partial charge in [0.25, 0.3) is 0 Å². The van der Waals surface area contributed by atoms with E-state index in [-0.39, 0.29) is 5.56 Å². The molecule has 2 aromatic carbocycles. The van der Waals surface area contributed by atoms with Gasteiger partial charge in [0.15, 0.2) is 0 Å². The van der Waals surface area contributed by atoms with E-state index < -0.39 is 5.97 Å². The highest BCUT2D eigenvalue weighted by Gasteiger charge is 2.07. The molecule has 0 saturated carbocycles. The number of aryl methyl sites for hydroxylation is 1. The molecule has 0 fully saturated rings. The molecule has 0 amide bonds. The first kappa shape index (κ1) is 14.4. The first-order chi connectivity index (χ1) is 9.49. The van der Waals surface area contributed by atoms with Crippen LogP contribution in [0.2, 0.25) is 0 Å². The maximum absolute atomic E-state index is 10.9. The summed E-state index contributed by atoms with van der Waals surface area (Å²) >= 11 is 3.42. The van der Waals surface area contributed by atoms with Gasteiger partial charge in [0.1, 0.15) is 5.75 Å². The van der Waals surface area contributed by atoms with Crippen LogP contribution in [-0.2, 0) is 0 Å². The zero-order chi connectivity index (χ0) is 14.7. The van der Waals surface area contributed by atoms with Crippen molar-refractivity contribution >= 4 is 33.3 Å². The highest BCUT2D eigenvalue weighted by Crippen LogP contribution is 2.28. The van der Waals surface area contributed by atoms with Crippen LogP contribution >= 0.6 is 15.9 Å². The number of halogens is 1. The highest BCUT2D eigenvalue weighted by atomic mass is 79.9. The summed E-state index contributed by atoms with van der Waals surface area (Å²) in [6, 6.07) is 10.6. The average Bonchev–Trinajstić information content (AvgIpc) is 2.40. The van der Waals surface area contributed by atoms with Crippen LogP contribution in [0.15, 0.2) is 40.9 Å². The third-order valence-corrected chi connectivity index (χ3v) is 3.32. The van der Waals surface area contributed by atoms with Crippen LogP contribution in [0.3, 0.4) is 0 Å². The Morgan fingerprint density at radius 2 is 2.00 bits per heavy atom. The van der Waals surface area contributed by atoms with E-state index in [1.807, 2.05) is 25.1 Å². The van der Waals surface area contributed by atoms with Crippen LogP contribution in [0.25, 0.3) is 0 Å². The van der Waals surface area contributed by atoms with Gasteiger partial charge in [-0.3, -0.25) is 0 Å². The number of ether oxygens (including phenoxy) is 1. The number of benzene rings is 2. The van der Waals surface area contributed by atoms with Crippen LogP contribution < -0.4 is 10.1 Å². The molecular weight excluding hydrogens is 322 g/mol. The zero-order valence-corrected chi connectivity index (χ0v) is 12.7. The lowest BCUT2D eigenvalue weighted by molar-refractivity contribution is 0.0697. The first-order valence-corrected chi connectivity index (χ1v) is 6.74. The van der Waals surface area contributed by atoms with Gasteiger partial charge in [-0.05, 0) is 42.8 Å². The number of carboxylic acid groups (broad SMARTS) is 1. The Labute approximate surface area is 125 Å². The van der Waals surface area contributed by atoms with Gasteiger partial charge in [-0.1, -0.05) is 15.9 Å². The SMILES string of the molecule is COc1cc(Br)cc(Nc2ccc(C(=O)O)cc2C)c1. The van der Waals surface area contributed by atoms with E-state index in [0.29, 0.717) is 0 Å². The molecule has 0 spiro atoms. The molecule has 4 nitrogen and oxygen atoms in total. The molecular formula is C15H14BrNO3. The fraction of sp³-hybridized carbons (Fsp3) is 0.133. The maximum atomic E-state index is 10.9. The molecule has 20 heavy (non-hydrogen) atoms. The summed E-state index contributed by atoms with van der Waals surface area (Å²) < 4.78 is 6.11. The molecule has 0 atom stereocenters. The zero-order valence-electron chi connectivity index (χ0n) is 11.1. The van der Waals surface area contributed by atoms with Crippen molar-refractivity contribution in [2.75, 3.05) is 12.4 Å². The Bertz CT molecular complexity index is 656. The summed E-state index contributed by atoms with van der Waals surface area (Å²) in [5.74, 6) is -0.189. The summed E-state index contributed by atoms with van der Waals surface area (Å²) in [6.07, 6.45) is 0. The molecule has 2 aromatic rings. The molecule has 0 radical (unpaired) electrons. The number of carboxylic acids is 1. The third kappa shape index (κ3) is 3.30. The quantitative estimate of drug-likeness (QED) is 0.878. The van der Waals surface area contributed by atoms with Gasteiger partial charge in [-0.15, -0.1) is 0 Å². The van der Waals surface area contributed by atoms with Crippen LogP contribution in [0.1, 0.15) is 15.9 Å². The minimum Gasteiger partial charge on any atom is -0.497 e. The van der Waals surface area contributed by atoms with Gasteiger partial charge in [0.2, 0.25) is 0 Å². The van der Waals surface area contributed by atoms with Crippen LogP contribution in [0.5, 0.6) is 5.75 Å². The van der Waals surface area contributed by atoms with E-state index in [4.69, 9.17) is 9.84 Å². The van der Waals surface area contributed by atoms with E-state index in [9.17, 15) is 4.79 Å². The molecule has 0 aromatic heterocycles. The Morgan fingerprint density at radius 3 is 2.60 bits per heavy atom. The van der Waals surface area contributed by atoms with Crippen molar-refractivity contribution in [2.45, 2.75) is 6.92 Å². The van der Waals surface area contributed by atoms with Crippen molar-refractivity contribution in [2.24, 2.45) is 0 Å². The summed E-state index contributed by atoms with van der Waals surface area (Å²) in [7, 11) is 1.61. The Kier molecular flexibility index (Phi) is 4.29. The van der Waals surface area contributed by atoms with Crippen molar-refractivity contribution in [3.05, 3.63) is 52.0 Å². The molecule has 2 rings (SSSR count). The fourth-order valence-electron chi connectivity index (χ4n) is 1.85. The minimum absolute atomic E-state index is 0.278. The van der Waals surface area contributed by atoms with E-state index >= 15 is 0 Å². The molecule has 0 aliphatic rings. The number of anilines is 2. The maximum Gasteiger partial charge on any atom is 0.335 e. The van der Waals surface area contributed by atoms with Crippen LogP contribution in [0, 0.1) is 6.92 Å². The van der Waals surface area contributed by atoms with Gasteiger partial charge >= 0.3 is 5.97 Å². The van der Waals surface area contributed by atoms with Crippen molar-refractivity contribution in [3.63, 3.8) is 0 Å². The molecule has 0 aliphatic carbocycles. The van der Waals surface area contributed by atoms with Gasteiger partial charge in [-0.25, -0.2) is 4.79 Å². The van der Waals surface area contributed by atoms with E-state index in [1.165, 1.54) is 0 Å². The van der Waals surface area contributed by atoms with Crippen LogP contribution in [0.4, 0.5) is 11.4 Å². The number of methoxy groups -OCH3 is 1. The second kappa shape index (κ2) is 5.96. The average molecular weight is 336 g/mol. The normalized spacial score (nSPS) is 10.2. The Hall–Kier alpha value is -2.01. The second-order valence-corrected chi connectivity index (χ2v) is 5.26. The van der Waals surface area contributed by atoms with Crippen molar-refractivity contribution in [3.8, 4) is 5.75 Å². The predicted octanol–water partition coefficient (Wildman–Crippen LogP) is 4.21. The lowest BCUT2D eigenvalue weighted by Crippen LogP contribution is -1.99. The van der Waals surface area contributed by atoms with Crippen molar-refractivity contribution in [1.29, 1.82) is 0 Å². The van der Waals surface area contributed by atoms with Crippen LogP contribution in [-0.4, -0.2) is 18.2 Å². The molecule has 104 valence electrons. The number of rotatable bonds is 4. The highest BCUT2D eigenvalue weighted by molar-refractivity contribution is 9.10. The van der Waals surface area contributed by atoms with Gasteiger partial charge in [0, 0.05) is 21.9 Å². The predicted molar refractivity (Wildman–Crippen MR) is 82.1 cm³/mol. The number of nitrogens with one attached hydrogen (secondary N) is 1. The second-order valence-electron chi connectivity index (χ2n) is 4.34. The smallest absolute Gasteiger partial charge is 0.335 e. The lowest BCUT2D eigenvalue weighted by atomic mass is 10.1. The Balaban J connectivity index is 2.30. The monoisotopic (exact) mass is 335 g/mol. The van der Waals surface area contributed by atoms with Gasteiger partial charge < -0.3 is 15.2 Å². The van der Waals surface area contributed by atoms with Crippen molar-refractivity contribution < 1.29 is 14.6 Å². The summed E-state index contributed by atoms with van der Waals surface area (Å²) in [6.45, 7) is 1.87. The van der Waals surface area contributed by atoms with E-state index in [0.717, 1.165) is 27.2 Å². The molecule has 0 saturated heterocycles. The number of carbonyl (C=O) groups is 1. The first-order valence-electron chi connectivity index (χ1n) is 5.95. The molecule has 0 aliphatic heterocycles. The largest absolute Gasteiger partial charge is 0.497 e. The van der Waals surface area contributed by atoms with Gasteiger partial charge in [-0.2, -0.15) is 0 Å². The molecule has 0 bridgehead atoms. The topological polar surface area (TPSA) is 58.6 Å². The number of aromatic carboxylic acids is 1. The van der Waals surface area contributed by atoms with E-state index in [2.05, 4.69) is 21.2 Å². The standard InChI is InChI=1S/C15H14BrNO3/c1-9-5-10(15(18)19)3-4-14(9)17-12-6-11(16)7-13(8-12)20-2/h3-8,17H,1-2H3,(H,18,19). The number of hydrogen-bond acceptors (Lipinski definition) is 3. The third-order valence-electron chi connectivity index (χ3n) is 2.86. The molecule has 0 heterocycles. The van der Waals surface area contributed by atoms with Crippen molar-refractivity contribution in [1.82, 2.24) is 0 Å². The number of hydrogen-bond donors (Lipinski definition) is 2. The summed E-state index contributed by atoms with van der Waals surface area (Å²) in [5.41, 5.74) is 2.86. The summed E-state index contributed by atoms with van der Waals surface area (Å²) in [4.78, 5) is 10.9. The van der Waals surface area contributed by atoms with Gasteiger partial charge in [0.05, 0.1) is 12.7 Å². The summed E-state index contributed by atoms with van der Waals surface area (Å²) in [5, 5.41) is 12.2. The lowest BCUT2D eigenvalue weighted by Gasteiger charge is -2.12.